The van der Waals surface area contributed by atoms with E-state index in [2.05, 4.69) is 9.55 Å². The van der Waals surface area contributed by atoms with Crippen molar-refractivity contribution < 1.29 is 4.79 Å². The van der Waals surface area contributed by atoms with E-state index in [0.717, 1.165) is 17.8 Å². The van der Waals surface area contributed by atoms with Crippen molar-refractivity contribution in [3.8, 4) is 0 Å². The summed E-state index contributed by atoms with van der Waals surface area (Å²) in [5, 5.41) is 0.562. The summed E-state index contributed by atoms with van der Waals surface area (Å²) < 4.78 is 2.18. The highest BCUT2D eigenvalue weighted by atomic mass is 35.5. The third-order valence-electron chi connectivity index (χ3n) is 4.43. The number of rotatable bonds is 2. The van der Waals surface area contributed by atoms with Crippen LogP contribution < -0.4 is 0 Å². The van der Waals surface area contributed by atoms with Crippen LogP contribution in [0, 0.1) is 0 Å². The molecule has 1 amide bonds. The molecule has 0 radical (unpaired) electrons. The summed E-state index contributed by atoms with van der Waals surface area (Å²) in [5.74, 6) is -0.214. The summed E-state index contributed by atoms with van der Waals surface area (Å²) in [5.41, 5.74) is 2.31. The van der Waals surface area contributed by atoms with E-state index in [4.69, 9.17) is 23.2 Å². The molecule has 0 aliphatic carbocycles. The Bertz CT molecular complexity index is 923. The van der Waals surface area contributed by atoms with Crippen LogP contribution in [0.5, 0.6) is 0 Å². The van der Waals surface area contributed by atoms with E-state index in [1.165, 1.54) is 0 Å². The van der Waals surface area contributed by atoms with Crippen molar-refractivity contribution in [1.82, 2.24) is 14.5 Å². The predicted molar refractivity (Wildman–Crippen MR) is 98.0 cm³/mol. The van der Waals surface area contributed by atoms with Crippen molar-refractivity contribution in [2.24, 2.45) is 0 Å². The van der Waals surface area contributed by atoms with Crippen LogP contribution in [0.1, 0.15) is 27.8 Å². The highest BCUT2D eigenvalue weighted by molar-refractivity contribution is 6.34. The van der Waals surface area contributed by atoms with Crippen LogP contribution in [-0.2, 0) is 6.54 Å². The lowest BCUT2D eigenvalue weighted by atomic mass is 9.99. The number of pyridine rings is 1. The number of hydrogen-bond acceptors (Lipinski definition) is 2. The number of carbonyl (C=O) groups is 1. The lowest BCUT2D eigenvalue weighted by Gasteiger charge is -2.37. The van der Waals surface area contributed by atoms with Crippen LogP contribution >= 0.6 is 23.2 Å². The Morgan fingerprint density at radius 1 is 1.00 bits per heavy atom. The van der Waals surface area contributed by atoms with Gasteiger partial charge in [-0.1, -0.05) is 53.5 Å². The van der Waals surface area contributed by atoms with Gasteiger partial charge in [-0.3, -0.25) is 4.79 Å². The van der Waals surface area contributed by atoms with E-state index in [-0.39, 0.29) is 22.8 Å². The summed E-state index contributed by atoms with van der Waals surface area (Å²) in [6.45, 7) is 1.31. The van der Waals surface area contributed by atoms with E-state index in [1.54, 1.807) is 12.1 Å². The van der Waals surface area contributed by atoms with Gasteiger partial charge in [0.25, 0.3) is 5.91 Å². The minimum absolute atomic E-state index is 0.186. The molecular weight excluding hydrogens is 357 g/mol. The van der Waals surface area contributed by atoms with Crippen molar-refractivity contribution in [2.45, 2.75) is 12.6 Å². The molecule has 6 heteroatoms. The summed E-state index contributed by atoms with van der Waals surface area (Å²) in [6.07, 6.45) is 2.04. The van der Waals surface area contributed by atoms with Gasteiger partial charge in [0.2, 0.25) is 0 Å². The molecule has 0 spiro atoms. The van der Waals surface area contributed by atoms with Crippen LogP contribution in [0.4, 0.5) is 0 Å². The summed E-state index contributed by atoms with van der Waals surface area (Å²) in [7, 11) is 0. The quantitative estimate of drug-likeness (QED) is 0.624. The van der Waals surface area contributed by atoms with Gasteiger partial charge in [0.05, 0.1) is 11.1 Å². The third kappa shape index (κ3) is 2.92. The van der Waals surface area contributed by atoms with Crippen molar-refractivity contribution >= 4 is 29.1 Å². The molecule has 0 N–H and O–H groups in total. The number of fused-ring (bicyclic) bond motifs is 1. The van der Waals surface area contributed by atoms with E-state index in [9.17, 15) is 4.79 Å². The molecule has 25 heavy (non-hydrogen) atoms. The molecule has 1 aromatic carbocycles. The first kappa shape index (κ1) is 16.2. The number of nitrogens with zero attached hydrogens (tertiary/aromatic N) is 3. The minimum atomic E-state index is -0.214. The number of benzene rings is 1. The molecular formula is C19H15Cl2N3O. The molecule has 0 saturated heterocycles. The summed E-state index contributed by atoms with van der Waals surface area (Å²) in [6, 6.07) is 17.0. The molecule has 0 fully saturated rings. The van der Waals surface area contributed by atoms with Gasteiger partial charge in [0.15, 0.2) is 0 Å². The van der Waals surface area contributed by atoms with Gasteiger partial charge in [-0.2, -0.15) is 0 Å². The highest BCUT2D eigenvalue weighted by Crippen LogP contribution is 2.34. The van der Waals surface area contributed by atoms with E-state index in [0.29, 0.717) is 11.6 Å². The molecule has 4 nitrogen and oxygen atoms in total. The van der Waals surface area contributed by atoms with Gasteiger partial charge < -0.3 is 9.47 Å². The fourth-order valence-electron chi connectivity index (χ4n) is 3.29. The van der Waals surface area contributed by atoms with Gasteiger partial charge >= 0.3 is 0 Å². The van der Waals surface area contributed by atoms with Gasteiger partial charge in [0.1, 0.15) is 10.8 Å². The number of hydrogen-bond donors (Lipinski definition) is 0. The molecule has 2 aromatic heterocycles. The van der Waals surface area contributed by atoms with Gasteiger partial charge in [0, 0.05) is 25.0 Å². The second-order valence-corrected chi connectivity index (χ2v) is 6.70. The second kappa shape index (κ2) is 6.54. The topological polar surface area (TPSA) is 38.1 Å². The Labute approximate surface area is 155 Å². The van der Waals surface area contributed by atoms with Crippen LogP contribution in [0.2, 0.25) is 10.2 Å². The molecule has 4 rings (SSSR count). The minimum Gasteiger partial charge on any atom is -0.348 e. The average Bonchev–Trinajstić information content (AvgIpc) is 3.11. The Kier molecular flexibility index (Phi) is 4.24. The zero-order valence-corrected chi connectivity index (χ0v) is 14.8. The van der Waals surface area contributed by atoms with Crippen LogP contribution in [0.25, 0.3) is 0 Å². The highest BCUT2D eigenvalue weighted by Gasteiger charge is 2.33. The molecule has 3 heterocycles. The normalized spacial score (nSPS) is 16.6. The van der Waals surface area contributed by atoms with Crippen molar-refractivity contribution in [2.75, 3.05) is 6.54 Å². The van der Waals surface area contributed by atoms with E-state index >= 15 is 0 Å². The summed E-state index contributed by atoms with van der Waals surface area (Å²) >= 11 is 12.2. The maximum absolute atomic E-state index is 13.2. The molecule has 1 aliphatic heterocycles. The molecule has 3 aromatic rings. The molecule has 0 saturated carbocycles. The number of aromatic nitrogens is 2. The Morgan fingerprint density at radius 2 is 1.80 bits per heavy atom. The number of halogens is 2. The van der Waals surface area contributed by atoms with E-state index in [1.807, 2.05) is 53.6 Å². The largest absolute Gasteiger partial charge is 0.348 e. The fraction of sp³-hybridized carbons (Fsp3) is 0.158. The molecule has 1 atom stereocenters. The smallest absolute Gasteiger partial charge is 0.274 e. The first-order valence-electron chi connectivity index (χ1n) is 7.98. The lowest BCUT2D eigenvalue weighted by Crippen LogP contribution is -2.42. The van der Waals surface area contributed by atoms with Gasteiger partial charge in [-0.15, -0.1) is 0 Å². The maximum Gasteiger partial charge on any atom is 0.274 e. The third-order valence-corrected chi connectivity index (χ3v) is 4.94. The molecule has 1 aliphatic rings. The number of carbonyl (C=O) groups excluding carboxylic acids is 1. The standard InChI is InChI=1S/C19H15Cl2N3O/c20-14-8-9-16(21)22-17(14)19(25)24-12-11-23-10-4-7-15(23)18(24)13-5-2-1-3-6-13/h1-10,18H,11-12H2. The zero-order valence-electron chi connectivity index (χ0n) is 13.3. The Balaban J connectivity index is 1.80. The first-order valence-corrected chi connectivity index (χ1v) is 8.74. The fourth-order valence-corrected chi connectivity index (χ4v) is 3.63. The number of amides is 1. The van der Waals surface area contributed by atoms with Crippen LogP contribution in [0.15, 0.2) is 60.8 Å². The lowest BCUT2D eigenvalue weighted by molar-refractivity contribution is 0.0658. The first-order chi connectivity index (χ1) is 12.1. The Morgan fingerprint density at radius 3 is 2.60 bits per heavy atom. The molecule has 126 valence electrons. The van der Waals surface area contributed by atoms with Crippen LogP contribution in [-0.4, -0.2) is 26.9 Å². The monoisotopic (exact) mass is 371 g/mol. The predicted octanol–water partition coefficient (Wildman–Crippen LogP) is 4.44. The zero-order chi connectivity index (χ0) is 17.4. The van der Waals surface area contributed by atoms with Gasteiger partial charge in [-0.25, -0.2) is 4.98 Å². The maximum atomic E-state index is 13.2. The van der Waals surface area contributed by atoms with Crippen molar-refractivity contribution in [3.05, 3.63) is 87.9 Å². The average molecular weight is 372 g/mol. The van der Waals surface area contributed by atoms with Crippen molar-refractivity contribution in [1.29, 1.82) is 0 Å². The molecule has 0 bridgehead atoms. The SMILES string of the molecule is O=C(c1nc(Cl)ccc1Cl)N1CCn2cccc2C1c1ccccc1. The molecule has 1 unspecified atom stereocenters. The van der Waals surface area contributed by atoms with Crippen LogP contribution in [0.3, 0.4) is 0 Å². The Hall–Kier alpha value is -2.30. The van der Waals surface area contributed by atoms with Gasteiger partial charge in [-0.05, 0) is 29.8 Å². The van der Waals surface area contributed by atoms with E-state index < -0.39 is 0 Å². The van der Waals surface area contributed by atoms with Crippen molar-refractivity contribution in [3.63, 3.8) is 0 Å². The second-order valence-electron chi connectivity index (χ2n) is 5.90. The summed E-state index contributed by atoms with van der Waals surface area (Å²) in [4.78, 5) is 19.2.